The van der Waals surface area contributed by atoms with Gasteiger partial charge in [-0.2, -0.15) is 0 Å². The summed E-state index contributed by atoms with van der Waals surface area (Å²) in [6.45, 7) is 5.68. The van der Waals surface area contributed by atoms with Crippen molar-refractivity contribution >= 4 is 5.78 Å². The number of ketones is 1. The number of carbonyl (C=O) groups excluding carboxylic acids is 1. The highest BCUT2D eigenvalue weighted by Crippen LogP contribution is 2.15. The predicted octanol–water partition coefficient (Wildman–Crippen LogP) is 2.80. The van der Waals surface area contributed by atoms with Crippen LogP contribution in [-0.4, -0.2) is 21.9 Å². The summed E-state index contributed by atoms with van der Waals surface area (Å²) < 4.78 is 5.54. The fourth-order valence-corrected chi connectivity index (χ4v) is 1.69. The number of aryl methyl sites for hydroxylation is 1. The second-order valence-electron chi connectivity index (χ2n) is 4.51. The maximum absolute atomic E-state index is 12.2. The second-order valence-corrected chi connectivity index (χ2v) is 4.51. The first-order valence-electron chi connectivity index (χ1n) is 6.17. The van der Waals surface area contributed by atoms with E-state index in [-0.39, 0.29) is 11.9 Å². The van der Waals surface area contributed by atoms with Crippen LogP contribution in [0.2, 0.25) is 0 Å². The largest absolute Gasteiger partial charge is 0.491 e. The molecule has 1 aromatic heterocycles. The molecule has 4 nitrogen and oxygen atoms in total. The van der Waals surface area contributed by atoms with Gasteiger partial charge in [-0.05, 0) is 51.1 Å². The van der Waals surface area contributed by atoms with Gasteiger partial charge in [0.2, 0.25) is 5.78 Å². The summed E-state index contributed by atoms with van der Waals surface area (Å²) in [7, 11) is 0. The van der Waals surface area contributed by atoms with E-state index >= 15 is 0 Å². The highest BCUT2D eigenvalue weighted by molar-refractivity contribution is 6.07. The molecule has 2 aromatic rings. The molecule has 0 fully saturated rings. The van der Waals surface area contributed by atoms with Crippen LogP contribution in [0.5, 0.6) is 5.75 Å². The van der Waals surface area contributed by atoms with E-state index in [0.717, 1.165) is 5.75 Å². The second kappa shape index (κ2) is 5.61. The normalized spacial score (nSPS) is 10.5. The molecule has 0 saturated heterocycles. The smallest absolute Gasteiger partial charge is 0.211 e. The predicted molar refractivity (Wildman–Crippen MR) is 72.4 cm³/mol. The first-order chi connectivity index (χ1) is 9.06. The lowest BCUT2D eigenvalue weighted by molar-refractivity contribution is 0.103. The number of hydrogen-bond donors (Lipinski definition) is 0. The number of carbonyl (C=O) groups is 1. The van der Waals surface area contributed by atoms with E-state index in [1.165, 1.54) is 0 Å². The van der Waals surface area contributed by atoms with Crippen molar-refractivity contribution in [1.82, 2.24) is 9.97 Å². The monoisotopic (exact) mass is 256 g/mol. The van der Waals surface area contributed by atoms with Crippen LogP contribution in [-0.2, 0) is 0 Å². The molecule has 2 rings (SSSR count). The van der Waals surface area contributed by atoms with E-state index in [2.05, 4.69) is 9.97 Å². The molecule has 0 N–H and O–H groups in total. The average molecular weight is 256 g/mol. The van der Waals surface area contributed by atoms with Gasteiger partial charge in [0.1, 0.15) is 17.3 Å². The highest BCUT2D eigenvalue weighted by Gasteiger charge is 2.11. The fraction of sp³-hybridized carbons (Fsp3) is 0.267. The Morgan fingerprint density at radius 2 is 1.84 bits per heavy atom. The van der Waals surface area contributed by atoms with Crippen LogP contribution in [0.1, 0.15) is 35.7 Å². The Kier molecular flexibility index (Phi) is 3.90. The van der Waals surface area contributed by atoms with Gasteiger partial charge in [0.25, 0.3) is 0 Å². The Hall–Kier alpha value is -2.23. The van der Waals surface area contributed by atoms with Gasteiger partial charge < -0.3 is 4.74 Å². The number of benzene rings is 1. The molecule has 1 aromatic carbocycles. The molecule has 0 aliphatic rings. The lowest BCUT2D eigenvalue weighted by Gasteiger charge is -2.09. The maximum atomic E-state index is 12.2. The summed E-state index contributed by atoms with van der Waals surface area (Å²) in [5.41, 5.74) is 0.999. The minimum Gasteiger partial charge on any atom is -0.491 e. The SMILES string of the molecule is Cc1nccc(C(=O)c2ccc(OC(C)C)cc2)n1. The summed E-state index contributed by atoms with van der Waals surface area (Å²) in [5, 5.41) is 0. The molecule has 0 amide bonds. The van der Waals surface area contributed by atoms with E-state index in [0.29, 0.717) is 17.1 Å². The maximum Gasteiger partial charge on any atom is 0.211 e. The van der Waals surface area contributed by atoms with Gasteiger partial charge in [0.15, 0.2) is 0 Å². The van der Waals surface area contributed by atoms with E-state index < -0.39 is 0 Å². The van der Waals surface area contributed by atoms with Crippen LogP contribution < -0.4 is 4.74 Å². The van der Waals surface area contributed by atoms with E-state index in [4.69, 9.17) is 4.74 Å². The van der Waals surface area contributed by atoms with Crippen LogP contribution in [0.25, 0.3) is 0 Å². The van der Waals surface area contributed by atoms with Crippen molar-refractivity contribution in [1.29, 1.82) is 0 Å². The highest BCUT2D eigenvalue weighted by atomic mass is 16.5. The molecule has 0 unspecified atom stereocenters. The molecule has 0 aliphatic heterocycles. The van der Waals surface area contributed by atoms with Gasteiger partial charge in [-0.3, -0.25) is 4.79 Å². The summed E-state index contributed by atoms with van der Waals surface area (Å²) in [6, 6.07) is 8.70. The van der Waals surface area contributed by atoms with Crippen LogP contribution >= 0.6 is 0 Å². The lowest BCUT2D eigenvalue weighted by Crippen LogP contribution is -2.07. The third-order valence-electron chi connectivity index (χ3n) is 2.50. The van der Waals surface area contributed by atoms with Crippen molar-refractivity contribution in [2.24, 2.45) is 0 Å². The van der Waals surface area contributed by atoms with E-state index in [1.807, 2.05) is 13.8 Å². The zero-order chi connectivity index (χ0) is 13.8. The molecular weight excluding hydrogens is 240 g/mol. The van der Waals surface area contributed by atoms with Gasteiger partial charge in [0, 0.05) is 11.8 Å². The van der Waals surface area contributed by atoms with Gasteiger partial charge in [-0.1, -0.05) is 0 Å². The Balaban J connectivity index is 2.20. The number of hydrogen-bond acceptors (Lipinski definition) is 4. The molecular formula is C15H16N2O2. The minimum absolute atomic E-state index is 0.110. The molecule has 0 radical (unpaired) electrons. The lowest BCUT2D eigenvalue weighted by atomic mass is 10.1. The van der Waals surface area contributed by atoms with Crippen LogP contribution in [0.3, 0.4) is 0 Å². The van der Waals surface area contributed by atoms with Crippen LogP contribution in [0, 0.1) is 6.92 Å². The fourth-order valence-electron chi connectivity index (χ4n) is 1.69. The molecule has 0 spiro atoms. The summed E-state index contributed by atoms with van der Waals surface area (Å²) in [4.78, 5) is 20.3. The first-order valence-corrected chi connectivity index (χ1v) is 6.17. The summed E-state index contributed by atoms with van der Waals surface area (Å²) in [5.74, 6) is 1.23. The zero-order valence-corrected chi connectivity index (χ0v) is 11.3. The van der Waals surface area contributed by atoms with E-state index in [9.17, 15) is 4.79 Å². The average Bonchev–Trinajstić information content (AvgIpc) is 2.38. The summed E-state index contributed by atoms with van der Waals surface area (Å²) >= 11 is 0. The topological polar surface area (TPSA) is 52.1 Å². The van der Waals surface area contributed by atoms with Crippen molar-refractivity contribution < 1.29 is 9.53 Å². The summed E-state index contributed by atoms with van der Waals surface area (Å²) in [6.07, 6.45) is 1.71. The Labute approximate surface area is 112 Å². The molecule has 0 aliphatic carbocycles. The Bertz CT molecular complexity index is 577. The van der Waals surface area contributed by atoms with Gasteiger partial charge in [-0.15, -0.1) is 0 Å². The molecule has 0 bridgehead atoms. The van der Waals surface area contributed by atoms with Crippen molar-refractivity contribution in [3.05, 3.63) is 53.6 Å². The third-order valence-corrected chi connectivity index (χ3v) is 2.50. The molecule has 19 heavy (non-hydrogen) atoms. The quantitative estimate of drug-likeness (QED) is 0.789. The van der Waals surface area contributed by atoms with Crippen LogP contribution in [0.15, 0.2) is 36.5 Å². The minimum atomic E-state index is -0.110. The zero-order valence-electron chi connectivity index (χ0n) is 11.3. The van der Waals surface area contributed by atoms with Gasteiger partial charge in [0.05, 0.1) is 6.10 Å². The van der Waals surface area contributed by atoms with Crippen molar-refractivity contribution in [3.63, 3.8) is 0 Å². The number of aromatic nitrogens is 2. The molecule has 1 heterocycles. The molecule has 4 heteroatoms. The number of nitrogens with zero attached hydrogens (tertiary/aromatic N) is 2. The van der Waals surface area contributed by atoms with Gasteiger partial charge in [-0.25, -0.2) is 9.97 Å². The standard InChI is InChI=1S/C15H16N2O2/c1-10(2)19-13-6-4-12(5-7-13)15(18)14-8-9-16-11(3)17-14/h4-10H,1-3H3. The Morgan fingerprint density at radius 3 is 2.42 bits per heavy atom. The number of ether oxygens (including phenoxy) is 1. The number of rotatable bonds is 4. The van der Waals surface area contributed by atoms with Gasteiger partial charge >= 0.3 is 0 Å². The molecule has 0 saturated carbocycles. The van der Waals surface area contributed by atoms with Crippen LogP contribution in [0.4, 0.5) is 0 Å². The first kappa shape index (κ1) is 13.2. The molecule has 98 valence electrons. The Morgan fingerprint density at radius 1 is 1.16 bits per heavy atom. The van der Waals surface area contributed by atoms with Crippen molar-refractivity contribution in [3.8, 4) is 5.75 Å². The molecule has 0 atom stereocenters. The van der Waals surface area contributed by atoms with Crippen molar-refractivity contribution in [2.45, 2.75) is 26.9 Å². The third kappa shape index (κ3) is 3.37. The van der Waals surface area contributed by atoms with Crippen molar-refractivity contribution in [2.75, 3.05) is 0 Å². The van der Waals surface area contributed by atoms with E-state index in [1.54, 1.807) is 43.5 Å².